The van der Waals surface area contributed by atoms with Crippen LogP contribution in [0.15, 0.2) is 42.5 Å². The molecular formula is C16H21N3O. The first-order valence-corrected chi connectivity index (χ1v) is 6.80. The molecule has 1 aromatic carbocycles. The fourth-order valence-corrected chi connectivity index (χ4v) is 2.05. The zero-order valence-corrected chi connectivity index (χ0v) is 12.0. The Kier molecular flexibility index (Phi) is 4.82. The molecule has 3 N–H and O–H groups in total. The van der Waals surface area contributed by atoms with E-state index in [0.29, 0.717) is 17.6 Å². The van der Waals surface area contributed by atoms with Crippen molar-refractivity contribution in [3.8, 4) is 5.88 Å². The second kappa shape index (κ2) is 6.80. The van der Waals surface area contributed by atoms with Crippen LogP contribution in [0.4, 0.5) is 11.5 Å². The first-order valence-electron chi connectivity index (χ1n) is 6.80. The molecule has 106 valence electrons. The number of rotatable bonds is 6. The quantitative estimate of drug-likeness (QED) is 0.847. The lowest BCUT2D eigenvalue weighted by Gasteiger charge is -2.15. The summed E-state index contributed by atoms with van der Waals surface area (Å²) in [6, 6.07) is 14.5. The number of aryl methyl sites for hydroxylation is 1. The van der Waals surface area contributed by atoms with Gasteiger partial charge in [-0.05, 0) is 37.5 Å². The van der Waals surface area contributed by atoms with Gasteiger partial charge in [-0.15, -0.1) is 0 Å². The van der Waals surface area contributed by atoms with E-state index in [1.54, 1.807) is 13.2 Å². The van der Waals surface area contributed by atoms with E-state index in [4.69, 9.17) is 10.5 Å². The van der Waals surface area contributed by atoms with E-state index < -0.39 is 0 Å². The third kappa shape index (κ3) is 3.88. The molecule has 0 saturated heterocycles. The summed E-state index contributed by atoms with van der Waals surface area (Å²) >= 11 is 0. The summed E-state index contributed by atoms with van der Waals surface area (Å²) in [5.41, 5.74) is 7.65. The van der Waals surface area contributed by atoms with Crippen LogP contribution in [0.3, 0.4) is 0 Å². The molecular weight excluding hydrogens is 250 g/mol. The van der Waals surface area contributed by atoms with Gasteiger partial charge in [0.15, 0.2) is 0 Å². The number of hydrogen-bond donors (Lipinski definition) is 2. The number of aromatic nitrogens is 1. The van der Waals surface area contributed by atoms with Crippen molar-refractivity contribution in [2.24, 2.45) is 0 Å². The molecule has 0 amide bonds. The van der Waals surface area contributed by atoms with Crippen molar-refractivity contribution in [2.45, 2.75) is 25.8 Å². The minimum atomic E-state index is 0.330. The number of nitrogens with zero attached hydrogens (tertiary/aromatic N) is 1. The number of nitrogens with two attached hydrogens (primary N) is 1. The molecule has 0 aliphatic rings. The first-order chi connectivity index (χ1) is 9.69. The van der Waals surface area contributed by atoms with Gasteiger partial charge in [-0.25, -0.2) is 0 Å². The zero-order valence-electron chi connectivity index (χ0n) is 12.0. The maximum Gasteiger partial charge on any atom is 0.238 e. The summed E-state index contributed by atoms with van der Waals surface area (Å²) in [5, 5.41) is 3.37. The molecule has 0 aliphatic heterocycles. The van der Waals surface area contributed by atoms with Gasteiger partial charge < -0.3 is 15.8 Å². The van der Waals surface area contributed by atoms with Crippen LogP contribution in [0, 0.1) is 0 Å². The third-order valence-electron chi connectivity index (χ3n) is 3.19. The molecule has 0 saturated carbocycles. The van der Waals surface area contributed by atoms with Gasteiger partial charge in [-0.3, -0.25) is 0 Å². The third-order valence-corrected chi connectivity index (χ3v) is 3.19. The molecule has 1 aromatic heterocycles. The molecule has 0 spiro atoms. The predicted octanol–water partition coefficient (Wildman–Crippen LogP) is 3.11. The highest BCUT2D eigenvalue weighted by atomic mass is 16.5. The lowest BCUT2D eigenvalue weighted by Crippen LogP contribution is -2.17. The van der Waals surface area contributed by atoms with Gasteiger partial charge in [0.25, 0.3) is 0 Å². The van der Waals surface area contributed by atoms with Crippen LogP contribution in [0.2, 0.25) is 0 Å². The van der Waals surface area contributed by atoms with Gasteiger partial charge in [-0.1, -0.05) is 30.3 Å². The predicted molar refractivity (Wildman–Crippen MR) is 83.0 cm³/mol. The summed E-state index contributed by atoms with van der Waals surface area (Å²) in [7, 11) is 1.57. The SMILES string of the molecule is COc1nc(NC(C)CCc2ccccc2)ccc1N. The minimum Gasteiger partial charge on any atom is -0.479 e. The van der Waals surface area contributed by atoms with E-state index >= 15 is 0 Å². The number of hydrogen-bond acceptors (Lipinski definition) is 4. The number of pyridine rings is 1. The number of nitrogen functional groups attached to an aromatic ring is 1. The van der Waals surface area contributed by atoms with Crippen LogP contribution in [0.1, 0.15) is 18.9 Å². The van der Waals surface area contributed by atoms with Gasteiger partial charge in [0, 0.05) is 6.04 Å². The second-order valence-corrected chi connectivity index (χ2v) is 4.86. The normalized spacial score (nSPS) is 11.9. The molecule has 1 heterocycles. The van der Waals surface area contributed by atoms with Gasteiger partial charge in [-0.2, -0.15) is 4.98 Å². The maximum atomic E-state index is 5.75. The van der Waals surface area contributed by atoms with Gasteiger partial charge in [0.05, 0.1) is 12.8 Å². The van der Waals surface area contributed by atoms with Crippen molar-refractivity contribution in [2.75, 3.05) is 18.2 Å². The Morgan fingerprint density at radius 2 is 1.95 bits per heavy atom. The molecule has 1 unspecified atom stereocenters. The van der Waals surface area contributed by atoms with Crippen LogP contribution >= 0.6 is 0 Å². The van der Waals surface area contributed by atoms with Crippen molar-refractivity contribution in [1.29, 1.82) is 0 Å². The second-order valence-electron chi connectivity index (χ2n) is 4.86. The molecule has 0 radical (unpaired) electrons. The fraction of sp³-hybridized carbons (Fsp3) is 0.312. The topological polar surface area (TPSA) is 60.2 Å². The van der Waals surface area contributed by atoms with Crippen LogP contribution in [-0.2, 0) is 6.42 Å². The zero-order chi connectivity index (χ0) is 14.4. The lowest BCUT2D eigenvalue weighted by molar-refractivity contribution is 0.400. The highest BCUT2D eigenvalue weighted by molar-refractivity contribution is 5.53. The summed E-state index contributed by atoms with van der Waals surface area (Å²) in [6.45, 7) is 2.15. The Bertz CT molecular complexity index is 543. The van der Waals surface area contributed by atoms with Crippen molar-refractivity contribution in [3.05, 3.63) is 48.0 Å². The van der Waals surface area contributed by atoms with Gasteiger partial charge in [0.1, 0.15) is 5.82 Å². The molecule has 2 aromatic rings. The maximum absolute atomic E-state index is 5.75. The van der Waals surface area contributed by atoms with Gasteiger partial charge in [0.2, 0.25) is 5.88 Å². The molecule has 0 aliphatic carbocycles. The molecule has 4 heteroatoms. The Morgan fingerprint density at radius 1 is 1.20 bits per heavy atom. The minimum absolute atomic E-state index is 0.330. The standard InChI is InChI=1S/C16H21N3O/c1-12(8-9-13-6-4-3-5-7-13)18-15-11-10-14(17)16(19-15)20-2/h3-7,10-12H,8-9,17H2,1-2H3,(H,18,19). The molecule has 20 heavy (non-hydrogen) atoms. The Balaban J connectivity index is 1.89. The Hall–Kier alpha value is -2.23. The number of methoxy groups -OCH3 is 1. The average Bonchev–Trinajstić information content (AvgIpc) is 2.48. The van der Waals surface area contributed by atoms with Gasteiger partial charge >= 0.3 is 0 Å². The van der Waals surface area contributed by atoms with E-state index in [1.165, 1.54) is 5.56 Å². The molecule has 4 nitrogen and oxygen atoms in total. The van der Waals surface area contributed by atoms with Crippen molar-refractivity contribution in [1.82, 2.24) is 4.98 Å². The van der Waals surface area contributed by atoms with Crippen molar-refractivity contribution >= 4 is 11.5 Å². The van der Waals surface area contributed by atoms with E-state index in [1.807, 2.05) is 12.1 Å². The fourth-order valence-electron chi connectivity index (χ4n) is 2.05. The smallest absolute Gasteiger partial charge is 0.238 e. The van der Waals surface area contributed by atoms with Crippen LogP contribution in [-0.4, -0.2) is 18.1 Å². The number of nitrogens with one attached hydrogen (secondary N) is 1. The van der Waals surface area contributed by atoms with Crippen LogP contribution in [0.5, 0.6) is 5.88 Å². The lowest BCUT2D eigenvalue weighted by atomic mass is 10.1. The largest absolute Gasteiger partial charge is 0.479 e. The molecule has 1 atom stereocenters. The monoisotopic (exact) mass is 271 g/mol. The van der Waals surface area contributed by atoms with E-state index in [9.17, 15) is 0 Å². The number of benzene rings is 1. The Labute approximate surface area is 120 Å². The van der Waals surface area contributed by atoms with Crippen LogP contribution < -0.4 is 15.8 Å². The Morgan fingerprint density at radius 3 is 2.65 bits per heavy atom. The van der Waals surface area contributed by atoms with Crippen LogP contribution in [0.25, 0.3) is 0 Å². The molecule has 0 fully saturated rings. The summed E-state index contributed by atoms with van der Waals surface area (Å²) in [6.07, 6.45) is 2.08. The molecule has 0 bridgehead atoms. The van der Waals surface area contributed by atoms with Crippen molar-refractivity contribution < 1.29 is 4.74 Å². The number of anilines is 2. The van der Waals surface area contributed by atoms with E-state index in [-0.39, 0.29) is 0 Å². The highest BCUT2D eigenvalue weighted by Crippen LogP contribution is 2.21. The van der Waals surface area contributed by atoms with Crippen molar-refractivity contribution in [3.63, 3.8) is 0 Å². The summed E-state index contributed by atoms with van der Waals surface area (Å²) in [4.78, 5) is 4.33. The summed E-state index contributed by atoms with van der Waals surface area (Å²) < 4.78 is 5.12. The average molecular weight is 271 g/mol. The molecule has 2 rings (SSSR count). The highest BCUT2D eigenvalue weighted by Gasteiger charge is 2.06. The van der Waals surface area contributed by atoms with E-state index in [2.05, 4.69) is 41.5 Å². The van der Waals surface area contributed by atoms with E-state index in [0.717, 1.165) is 18.7 Å². The first kappa shape index (κ1) is 14.2. The number of ether oxygens (including phenoxy) is 1. The summed E-state index contributed by atoms with van der Waals surface area (Å²) in [5.74, 6) is 1.25.